The van der Waals surface area contributed by atoms with E-state index in [9.17, 15) is 13.2 Å². The Hall–Kier alpha value is -2.42. The lowest BCUT2D eigenvalue weighted by molar-refractivity contribution is 0.152. The summed E-state index contributed by atoms with van der Waals surface area (Å²) < 4.78 is 31.0. The molecule has 4 rings (SSSR count). The minimum atomic E-state index is -3.51. The standard InChI is InChI=1S/C22H28N4O3S/c1-17(2)18-8-10-19(11-9-18)30(28,29)25-14-12-24(13-15-25)16-26-21-7-5-4-6-20(21)23(3)22(26)27/h4-11,17H,12-16H2,1-3H3. The van der Waals surface area contributed by atoms with Crippen LogP contribution in [0.2, 0.25) is 0 Å². The van der Waals surface area contributed by atoms with E-state index in [0.717, 1.165) is 16.6 Å². The molecule has 1 saturated heterocycles. The van der Waals surface area contributed by atoms with E-state index in [4.69, 9.17) is 0 Å². The molecule has 1 aromatic heterocycles. The zero-order chi connectivity index (χ0) is 21.5. The van der Waals surface area contributed by atoms with Crippen molar-refractivity contribution >= 4 is 21.1 Å². The number of benzene rings is 2. The minimum Gasteiger partial charge on any atom is -0.295 e. The van der Waals surface area contributed by atoms with E-state index >= 15 is 0 Å². The first-order valence-electron chi connectivity index (χ1n) is 10.3. The molecule has 0 N–H and O–H groups in total. The molecule has 0 atom stereocenters. The highest BCUT2D eigenvalue weighted by molar-refractivity contribution is 7.89. The van der Waals surface area contributed by atoms with Gasteiger partial charge in [-0.05, 0) is 35.7 Å². The molecule has 160 valence electrons. The molecule has 0 radical (unpaired) electrons. The molecule has 0 aliphatic carbocycles. The number of hydrogen-bond acceptors (Lipinski definition) is 4. The van der Waals surface area contributed by atoms with Gasteiger partial charge in [-0.15, -0.1) is 0 Å². The summed E-state index contributed by atoms with van der Waals surface area (Å²) >= 11 is 0. The Morgan fingerprint density at radius 3 is 2.10 bits per heavy atom. The van der Waals surface area contributed by atoms with Gasteiger partial charge >= 0.3 is 5.69 Å². The SMILES string of the molecule is CC(C)c1ccc(S(=O)(=O)N2CCN(Cn3c(=O)n(C)c4ccccc43)CC2)cc1. The third-order valence-corrected chi connectivity index (χ3v) is 7.82. The highest BCUT2D eigenvalue weighted by atomic mass is 32.2. The number of rotatable bonds is 5. The first-order chi connectivity index (χ1) is 14.3. The van der Waals surface area contributed by atoms with E-state index < -0.39 is 10.0 Å². The number of aromatic nitrogens is 2. The van der Waals surface area contributed by atoms with Gasteiger partial charge in [-0.1, -0.05) is 38.1 Å². The van der Waals surface area contributed by atoms with Crippen molar-refractivity contribution in [1.29, 1.82) is 0 Å². The van der Waals surface area contributed by atoms with Crippen molar-refractivity contribution in [2.75, 3.05) is 26.2 Å². The molecule has 1 aliphatic rings. The van der Waals surface area contributed by atoms with Crippen molar-refractivity contribution in [3.63, 3.8) is 0 Å². The number of piperazine rings is 1. The van der Waals surface area contributed by atoms with Crippen molar-refractivity contribution in [1.82, 2.24) is 18.3 Å². The zero-order valence-electron chi connectivity index (χ0n) is 17.7. The van der Waals surface area contributed by atoms with Gasteiger partial charge in [-0.2, -0.15) is 4.31 Å². The maximum absolute atomic E-state index is 13.0. The predicted octanol–water partition coefficient (Wildman–Crippen LogP) is 2.43. The lowest BCUT2D eigenvalue weighted by Crippen LogP contribution is -2.49. The zero-order valence-corrected chi connectivity index (χ0v) is 18.5. The Morgan fingerprint density at radius 1 is 0.900 bits per heavy atom. The van der Waals surface area contributed by atoms with Crippen LogP contribution in [0.25, 0.3) is 11.0 Å². The minimum absolute atomic E-state index is 0.0588. The highest BCUT2D eigenvalue weighted by Crippen LogP contribution is 2.21. The van der Waals surface area contributed by atoms with Crippen LogP contribution in [0.4, 0.5) is 0 Å². The fourth-order valence-corrected chi connectivity index (χ4v) is 5.41. The van der Waals surface area contributed by atoms with E-state index in [1.54, 1.807) is 32.6 Å². The Morgan fingerprint density at radius 2 is 1.50 bits per heavy atom. The van der Waals surface area contributed by atoms with Crippen LogP contribution in [-0.2, 0) is 23.7 Å². The second-order valence-corrected chi connectivity index (χ2v) is 10.1. The number of hydrogen-bond donors (Lipinski definition) is 0. The van der Waals surface area contributed by atoms with Crippen LogP contribution in [-0.4, -0.2) is 52.9 Å². The molecule has 0 spiro atoms. The smallest absolute Gasteiger partial charge is 0.295 e. The monoisotopic (exact) mass is 428 g/mol. The van der Waals surface area contributed by atoms with E-state index in [1.807, 2.05) is 36.4 Å². The number of fused-ring (bicyclic) bond motifs is 1. The summed E-state index contributed by atoms with van der Waals surface area (Å²) in [5.41, 5.74) is 2.86. The molecule has 7 nitrogen and oxygen atoms in total. The van der Waals surface area contributed by atoms with Gasteiger partial charge in [-0.3, -0.25) is 14.0 Å². The van der Waals surface area contributed by atoms with Gasteiger partial charge in [0.15, 0.2) is 0 Å². The van der Waals surface area contributed by atoms with Crippen LogP contribution in [0, 0.1) is 0 Å². The number of aryl methyl sites for hydroxylation is 1. The third-order valence-electron chi connectivity index (χ3n) is 5.91. The molecule has 3 aromatic rings. The van der Waals surface area contributed by atoms with Gasteiger partial charge in [0.1, 0.15) is 0 Å². The molecular weight excluding hydrogens is 400 g/mol. The Balaban J connectivity index is 1.47. The average molecular weight is 429 g/mol. The van der Waals surface area contributed by atoms with Crippen LogP contribution < -0.4 is 5.69 Å². The fraction of sp³-hybridized carbons (Fsp3) is 0.409. The Kier molecular flexibility index (Phi) is 5.57. The Bertz CT molecular complexity index is 1200. The van der Waals surface area contributed by atoms with E-state index in [0.29, 0.717) is 43.7 Å². The summed E-state index contributed by atoms with van der Waals surface area (Å²) in [6.45, 7) is 6.62. The topological polar surface area (TPSA) is 67.6 Å². The maximum atomic E-state index is 13.0. The van der Waals surface area contributed by atoms with E-state index in [1.165, 1.54) is 0 Å². The molecule has 1 aliphatic heterocycles. The van der Waals surface area contributed by atoms with Crippen LogP contribution in [0.15, 0.2) is 58.2 Å². The summed E-state index contributed by atoms with van der Waals surface area (Å²) in [7, 11) is -1.73. The normalized spacial score (nSPS) is 16.5. The lowest BCUT2D eigenvalue weighted by atomic mass is 10.0. The molecule has 1 fully saturated rings. The summed E-state index contributed by atoms with van der Waals surface area (Å²) in [6, 6.07) is 14.9. The van der Waals surface area contributed by atoms with E-state index in [2.05, 4.69) is 18.7 Å². The largest absolute Gasteiger partial charge is 0.329 e. The molecular formula is C22H28N4O3S. The number of nitrogens with zero attached hydrogens (tertiary/aromatic N) is 4. The van der Waals surface area contributed by atoms with Crippen LogP contribution >= 0.6 is 0 Å². The Labute approximate surface area is 177 Å². The van der Waals surface area contributed by atoms with Crippen molar-refractivity contribution in [3.8, 4) is 0 Å². The molecule has 30 heavy (non-hydrogen) atoms. The second-order valence-electron chi connectivity index (χ2n) is 8.15. The van der Waals surface area contributed by atoms with Gasteiger partial charge in [-0.25, -0.2) is 13.2 Å². The summed E-state index contributed by atoms with van der Waals surface area (Å²) in [4.78, 5) is 15.1. The average Bonchev–Trinajstić information content (AvgIpc) is 2.99. The van der Waals surface area contributed by atoms with Crippen molar-refractivity contribution < 1.29 is 8.42 Å². The molecule has 2 aromatic carbocycles. The lowest BCUT2D eigenvalue weighted by Gasteiger charge is -2.34. The van der Waals surface area contributed by atoms with Gasteiger partial charge < -0.3 is 0 Å². The highest BCUT2D eigenvalue weighted by Gasteiger charge is 2.29. The quantitative estimate of drug-likeness (QED) is 0.626. The predicted molar refractivity (Wildman–Crippen MR) is 118 cm³/mol. The van der Waals surface area contributed by atoms with Gasteiger partial charge in [0.2, 0.25) is 10.0 Å². The molecule has 2 heterocycles. The van der Waals surface area contributed by atoms with E-state index in [-0.39, 0.29) is 5.69 Å². The fourth-order valence-electron chi connectivity index (χ4n) is 3.98. The molecule has 0 saturated carbocycles. The molecule has 0 bridgehead atoms. The number of para-hydroxylation sites is 2. The van der Waals surface area contributed by atoms with Crippen molar-refractivity contribution in [2.45, 2.75) is 31.3 Å². The summed E-state index contributed by atoms with van der Waals surface area (Å²) in [6.07, 6.45) is 0. The summed E-state index contributed by atoms with van der Waals surface area (Å²) in [5.74, 6) is 0.364. The maximum Gasteiger partial charge on any atom is 0.329 e. The second kappa shape index (κ2) is 8.02. The van der Waals surface area contributed by atoms with Crippen LogP contribution in [0.5, 0.6) is 0 Å². The van der Waals surface area contributed by atoms with Gasteiger partial charge in [0.25, 0.3) is 0 Å². The number of sulfonamides is 1. The molecule has 8 heteroatoms. The first-order valence-corrected chi connectivity index (χ1v) is 11.7. The van der Waals surface area contributed by atoms with Crippen LogP contribution in [0.3, 0.4) is 0 Å². The van der Waals surface area contributed by atoms with Crippen molar-refractivity contribution in [2.24, 2.45) is 7.05 Å². The molecule has 0 unspecified atom stereocenters. The first kappa shape index (κ1) is 20.8. The van der Waals surface area contributed by atoms with Gasteiger partial charge in [0.05, 0.1) is 22.6 Å². The summed E-state index contributed by atoms with van der Waals surface area (Å²) in [5, 5.41) is 0. The van der Waals surface area contributed by atoms with Gasteiger partial charge in [0, 0.05) is 33.2 Å². The third kappa shape index (κ3) is 3.71. The number of imidazole rings is 1. The van der Waals surface area contributed by atoms with Crippen molar-refractivity contribution in [3.05, 3.63) is 64.6 Å². The molecule has 0 amide bonds. The van der Waals surface area contributed by atoms with Crippen LogP contribution in [0.1, 0.15) is 25.3 Å².